The second-order valence-electron chi connectivity index (χ2n) is 8.27. The van der Waals surface area contributed by atoms with E-state index < -0.39 is 0 Å². The second kappa shape index (κ2) is 10.4. The van der Waals surface area contributed by atoms with Gasteiger partial charge in [0.25, 0.3) is 0 Å². The van der Waals surface area contributed by atoms with E-state index in [1.165, 1.54) is 4.88 Å². The number of amidine groups is 1. The average Bonchev–Trinajstić information content (AvgIpc) is 3.16. The first-order valence-electron chi connectivity index (χ1n) is 10.2. The summed E-state index contributed by atoms with van der Waals surface area (Å²) in [5.74, 6) is 0.846. The van der Waals surface area contributed by atoms with Crippen molar-refractivity contribution in [3.05, 3.63) is 44.7 Å². The normalized spacial score (nSPS) is 16.4. The average molecular weight is 462 g/mol. The number of morpholine rings is 1. The summed E-state index contributed by atoms with van der Waals surface area (Å²) in [4.78, 5) is 13.2. The highest BCUT2D eigenvalue weighted by Gasteiger charge is 2.19. The fraction of sp³-hybridized carbons (Fsp3) is 0.500. The Labute approximate surface area is 192 Å². The van der Waals surface area contributed by atoms with E-state index in [1.807, 2.05) is 6.19 Å². The number of aromatic nitrogens is 1. The van der Waals surface area contributed by atoms with Crippen molar-refractivity contribution in [1.82, 2.24) is 9.47 Å². The summed E-state index contributed by atoms with van der Waals surface area (Å²) in [6, 6.07) is 5.21. The van der Waals surface area contributed by atoms with Gasteiger partial charge in [0.1, 0.15) is 5.75 Å². The number of rotatable bonds is 5. The van der Waals surface area contributed by atoms with Crippen molar-refractivity contribution in [1.29, 1.82) is 5.26 Å². The molecule has 0 aliphatic carbocycles. The zero-order valence-corrected chi connectivity index (χ0v) is 20.0. The molecule has 0 N–H and O–H groups in total. The highest BCUT2D eigenvalue weighted by molar-refractivity contribution is 7.09. The molecule has 0 atom stereocenters. The summed E-state index contributed by atoms with van der Waals surface area (Å²) >= 11 is 7.81. The van der Waals surface area contributed by atoms with Gasteiger partial charge in [-0.1, -0.05) is 32.4 Å². The van der Waals surface area contributed by atoms with Crippen molar-refractivity contribution < 1.29 is 9.47 Å². The summed E-state index contributed by atoms with van der Waals surface area (Å²) in [5.41, 5.74) is 0.571. The van der Waals surface area contributed by atoms with Gasteiger partial charge in [0.15, 0.2) is 10.6 Å². The van der Waals surface area contributed by atoms with Gasteiger partial charge in [-0.25, -0.2) is 0 Å². The van der Waals surface area contributed by atoms with Gasteiger partial charge in [-0.3, -0.25) is 4.90 Å². The molecule has 7 nitrogen and oxygen atoms in total. The minimum absolute atomic E-state index is 0.0145. The monoisotopic (exact) mass is 461 g/mol. The third kappa shape index (κ3) is 6.17. The van der Waals surface area contributed by atoms with Crippen LogP contribution in [-0.2, 0) is 16.7 Å². The predicted molar refractivity (Wildman–Crippen MR) is 124 cm³/mol. The fourth-order valence-corrected chi connectivity index (χ4v) is 4.43. The molecule has 1 fully saturated rings. The Bertz CT molecular complexity index is 1040. The first kappa shape index (κ1) is 23.5. The molecule has 1 aliphatic rings. The molecule has 2 heterocycles. The molecular formula is C22H28ClN5O2S. The van der Waals surface area contributed by atoms with Crippen LogP contribution < -0.4 is 9.54 Å². The Morgan fingerprint density at radius 3 is 2.68 bits per heavy atom. The Morgan fingerprint density at radius 1 is 1.29 bits per heavy atom. The molecule has 0 amide bonds. The molecule has 9 heteroatoms. The molecule has 3 rings (SSSR count). The molecule has 0 saturated carbocycles. The van der Waals surface area contributed by atoms with Crippen LogP contribution in [0.5, 0.6) is 5.75 Å². The van der Waals surface area contributed by atoms with Crippen LogP contribution in [0.1, 0.15) is 31.2 Å². The van der Waals surface area contributed by atoms with E-state index >= 15 is 0 Å². The van der Waals surface area contributed by atoms with Crippen LogP contribution in [-0.4, -0.2) is 55.3 Å². The van der Waals surface area contributed by atoms with E-state index in [2.05, 4.69) is 41.4 Å². The number of nitrogens with zero attached hydrogens (tertiary/aromatic N) is 5. The Morgan fingerprint density at radius 2 is 2.03 bits per heavy atom. The molecule has 1 aliphatic heterocycles. The van der Waals surface area contributed by atoms with Crippen molar-refractivity contribution in [2.75, 3.05) is 40.0 Å². The lowest BCUT2D eigenvalue weighted by molar-refractivity contribution is 0.0363. The molecule has 1 saturated heterocycles. The molecule has 2 aromatic rings. The number of benzene rings is 1. The second-order valence-corrected chi connectivity index (χ2v) is 9.71. The van der Waals surface area contributed by atoms with Gasteiger partial charge in [0.05, 0.1) is 25.9 Å². The van der Waals surface area contributed by atoms with E-state index in [4.69, 9.17) is 26.1 Å². The SMILES string of the molecule is COc1ccc(Cl)cc1C(=NC#N)N=c1sc(C(C)(C)C)cn1CCN1CCOCC1. The maximum Gasteiger partial charge on any atom is 0.207 e. The van der Waals surface area contributed by atoms with Crippen molar-refractivity contribution in [3.63, 3.8) is 0 Å². The first-order chi connectivity index (χ1) is 14.8. The third-order valence-electron chi connectivity index (χ3n) is 4.98. The zero-order chi connectivity index (χ0) is 22.4. The van der Waals surface area contributed by atoms with Gasteiger partial charge in [-0.05, 0) is 23.6 Å². The molecule has 31 heavy (non-hydrogen) atoms. The van der Waals surface area contributed by atoms with E-state index in [0.29, 0.717) is 16.3 Å². The summed E-state index contributed by atoms with van der Waals surface area (Å²) in [6.45, 7) is 11.6. The summed E-state index contributed by atoms with van der Waals surface area (Å²) < 4.78 is 13.0. The maximum atomic E-state index is 9.29. The van der Waals surface area contributed by atoms with E-state index in [9.17, 15) is 5.26 Å². The van der Waals surface area contributed by atoms with Crippen molar-refractivity contribution in [2.45, 2.75) is 32.7 Å². The van der Waals surface area contributed by atoms with Crippen LogP contribution in [0.25, 0.3) is 0 Å². The number of ether oxygens (including phenoxy) is 2. The number of methoxy groups -OCH3 is 1. The number of halogens is 1. The van der Waals surface area contributed by atoms with Crippen LogP contribution in [0.2, 0.25) is 5.02 Å². The van der Waals surface area contributed by atoms with Crippen LogP contribution in [0.15, 0.2) is 34.4 Å². The number of aliphatic imine (C=N–C) groups is 1. The van der Waals surface area contributed by atoms with Gasteiger partial charge in [-0.15, -0.1) is 11.3 Å². The van der Waals surface area contributed by atoms with Gasteiger partial charge in [-0.2, -0.15) is 15.2 Å². The van der Waals surface area contributed by atoms with E-state index in [-0.39, 0.29) is 11.3 Å². The summed E-state index contributed by atoms with van der Waals surface area (Å²) in [7, 11) is 1.57. The molecule has 0 radical (unpaired) electrons. The molecule has 1 aromatic heterocycles. The summed E-state index contributed by atoms with van der Waals surface area (Å²) in [5, 5.41) is 9.82. The molecular weight excluding hydrogens is 434 g/mol. The Kier molecular flexibility index (Phi) is 7.89. The maximum absolute atomic E-state index is 9.29. The molecule has 0 unspecified atom stereocenters. The molecule has 0 spiro atoms. The predicted octanol–water partition coefficient (Wildman–Crippen LogP) is 3.67. The van der Waals surface area contributed by atoms with E-state index in [1.54, 1.807) is 36.6 Å². The first-order valence-corrected chi connectivity index (χ1v) is 11.4. The standard InChI is InChI=1S/C22H28ClN5O2S/c1-22(2,3)19-14-28(8-7-27-9-11-30-12-10-27)21(31-19)26-20(25-15-24)17-13-16(23)5-6-18(17)29-4/h5-6,13-14H,7-12H2,1-4H3. The number of hydrogen-bond acceptors (Lipinski definition) is 6. The van der Waals surface area contributed by atoms with Crippen molar-refractivity contribution in [3.8, 4) is 11.9 Å². The summed E-state index contributed by atoms with van der Waals surface area (Å²) in [6.07, 6.45) is 4.02. The Hall–Kier alpha value is -2.18. The van der Waals surface area contributed by atoms with Gasteiger partial charge >= 0.3 is 0 Å². The molecule has 166 valence electrons. The van der Waals surface area contributed by atoms with Crippen LogP contribution in [0.4, 0.5) is 0 Å². The zero-order valence-electron chi connectivity index (χ0n) is 18.4. The molecule has 0 bridgehead atoms. The van der Waals surface area contributed by atoms with Crippen LogP contribution in [0, 0.1) is 11.5 Å². The molecule has 1 aromatic carbocycles. The fourth-order valence-electron chi connectivity index (χ4n) is 3.19. The lowest BCUT2D eigenvalue weighted by atomic mass is 9.95. The third-order valence-corrected chi connectivity index (χ3v) is 6.66. The minimum Gasteiger partial charge on any atom is -0.496 e. The minimum atomic E-state index is -0.0145. The Balaban J connectivity index is 2.03. The lowest BCUT2D eigenvalue weighted by Gasteiger charge is -2.26. The topological polar surface area (TPSA) is 75.1 Å². The van der Waals surface area contributed by atoms with Gasteiger partial charge in [0, 0.05) is 42.3 Å². The quantitative estimate of drug-likeness (QED) is 0.387. The van der Waals surface area contributed by atoms with Gasteiger partial charge in [0.2, 0.25) is 6.19 Å². The highest BCUT2D eigenvalue weighted by atomic mass is 35.5. The highest BCUT2D eigenvalue weighted by Crippen LogP contribution is 2.26. The number of nitriles is 1. The van der Waals surface area contributed by atoms with Gasteiger partial charge < -0.3 is 14.0 Å². The number of hydrogen-bond donors (Lipinski definition) is 0. The lowest BCUT2D eigenvalue weighted by Crippen LogP contribution is -2.38. The van der Waals surface area contributed by atoms with E-state index in [0.717, 1.165) is 44.2 Å². The van der Waals surface area contributed by atoms with Crippen molar-refractivity contribution in [2.24, 2.45) is 9.98 Å². The van der Waals surface area contributed by atoms with Crippen LogP contribution in [0.3, 0.4) is 0 Å². The van der Waals surface area contributed by atoms with Crippen LogP contribution >= 0.6 is 22.9 Å². The van der Waals surface area contributed by atoms with Crippen molar-refractivity contribution >= 4 is 28.8 Å². The largest absolute Gasteiger partial charge is 0.496 e. The smallest absolute Gasteiger partial charge is 0.207 e. The number of thiazole rings is 1.